The molecule has 2 N–H and O–H groups in total. The Morgan fingerprint density at radius 2 is 2.10 bits per heavy atom. The molecule has 1 aromatic carbocycles. The van der Waals surface area contributed by atoms with Crippen molar-refractivity contribution in [2.24, 2.45) is 5.41 Å². The van der Waals surface area contributed by atoms with Gasteiger partial charge in [-0.2, -0.15) is 0 Å². The zero-order chi connectivity index (χ0) is 15.6. The number of rotatable bonds is 6. The molecule has 114 valence electrons. The van der Waals surface area contributed by atoms with E-state index in [1.807, 2.05) is 18.4 Å². The van der Waals surface area contributed by atoms with Gasteiger partial charge in [-0.25, -0.2) is 9.78 Å². The van der Waals surface area contributed by atoms with Crippen molar-refractivity contribution >= 4 is 17.0 Å². The number of aliphatic hydroxyl groups excluding tert-OH is 1. The second-order valence-corrected chi connectivity index (χ2v) is 6.20. The lowest BCUT2D eigenvalue weighted by Crippen LogP contribution is -2.24. The summed E-state index contributed by atoms with van der Waals surface area (Å²) in [5.74, 6) is -0.000302. The van der Waals surface area contributed by atoms with Crippen LogP contribution in [-0.4, -0.2) is 32.3 Å². The first kappa shape index (κ1) is 15.5. The normalized spacial score (nSPS) is 12.0. The van der Waals surface area contributed by atoms with Crippen LogP contribution in [0.1, 0.15) is 43.4 Å². The highest BCUT2D eigenvalue weighted by atomic mass is 16.4. The fourth-order valence-electron chi connectivity index (χ4n) is 2.37. The Balaban J connectivity index is 2.58. The molecule has 1 aromatic heterocycles. The van der Waals surface area contributed by atoms with E-state index in [-0.39, 0.29) is 17.6 Å². The van der Waals surface area contributed by atoms with Crippen molar-refractivity contribution in [3.8, 4) is 0 Å². The molecule has 0 fully saturated rings. The standard InChI is InChI=1S/C16H22N2O3/c1-4-5-14-17-12-7-6-11(15(20)21)8-13(12)18(14)9-16(2,3)10-19/h6-8,19H,4-5,9-10H2,1-3H3,(H,20,21). The van der Waals surface area contributed by atoms with Crippen molar-refractivity contribution in [1.82, 2.24) is 9.55 Å². The fourth-order valence-corrected chi connectivity index (χ4v) is 2.37. The molecule has 0 aliphatic rings. The molecule has 0 bridgehead atoms. The van der Waals surface area contributed by atoms with E-state index in [1.54, 1.807) is 18.2 Å². The lowest BCUT2D eigenvalue weighted by molar-refractivity contribution is 0.0697. The Labute approximate surface area is 124 Å². The van der Waals surface area contributed by atoms with Crippen LogP contribution in [0.25, 0.3) is 11.0 Å². The van der Waals surface area contributed by atoms with E-state index in [0.717, 1.165) is 29.7 Å². The van der Waals surface area contributed by atoms with Gasteiger partial charge in [-0.05, 0) is 24.6 Å². The van der Waals surface area contributed by atoms with Crippen molar-refractivity contribution in [2.75, 3.05) is 6.61 Å². The van der Waals surface area contributed by atoms with E-state index in [0.29, 0.717) is 6.54 Å². The minimum Gasteiger partial charge on any atom is -0.478 e. The zero-order valence-corrected chi connectivity index (χ0v) is 12.8. The van der Waals surface area contributed by atoms with Crippen LogP contribution in [0.4, 0.5) is 0 Å². The Kier molecular flexibility index (Phi) is 4.32. The average Bonchev–Trinajstić information content (AvgIpc) is 2.76. The molecule has 5 nitrogen and oxygen atoms in total. The molecule has 2 aromatic rings. The van der Waals surface area contributed by atoms with Gasteiger partial charge < -0.3 is 14.8 Å². The largest absolute Gasteiger partial charge is 0.478 e. The number of hydrogen-bond donors (Lipinski definition) is 2. The maximum Gasteiger partial charge on any atom is 0.335 e. The van der Waals surface area contributed by atoms with Crippen molar-refractivity contribution in [3.05, 3.63) is 29.6 Å². The van der Waals surface area contributed by atoms with Gasteiger partial charge in [0.1, 0.15) is 5.82 Å². The van der Waals surface area contributed by atoms with E-state index >= 15 is 0 Å². The number of carboxylic acids is 1. The third-order valence-corrected chi connectivity index (χ3v) is 3.56. The van der Waals surface area contributed by atoms with Crippen LogP contribution in [0, 0.1) is 5.41 Å². The molecule has 0 aliphatic heterocycles. The summed E-state index contributed by atoms with van der Waals surface area (Å²) in [6.45, 7) is 6.73. The molecule has 0 spiro atoms. The van der Waals surface area contributed by atoms with Crippen LogP contribution in [0.15, 0.2) is 18.2 Å². The summed E-state index contributed by atoms with van der Waals surface area (Å²) in [6.07, 6.45) is 1.80. The molecule has 0 saturated carbocycles. The third kappa shape index (κ3) is 3.24. The Morgan fingerprint density at radius 3 is 2.67 bits per heavy atom. The second kappa shape index (κ2) is 5.85. The predicted octanol–water partition coefficient (Wildman–Crippen LogP) is 2.71. The Morgan fingerprint density at radius 1 is 1.38 bits per heavy atom. The summed E-state index contributed by atoms with van der Waals surface area (Å²) < 4.78 is 2.04. The lowest BCUT2D eigenvalue weighted by atomic mass is 9.94. The quantitative estimate of drug-likeness (QED) is 0.857. The minimum atomic E-state index is -0.942. The van der Waals surface area contributed by atoms with Gasteiger partial charge in [-0.1, -0.05) is 20.8 Å². The minimum absolute atomic E-state index is 0.0663. The monoisotopic (exact) mass is 290 g/mol. The highest BCUT2D eigenvalue weighted by Gasteiger charge is 2.21. The molecule has 0 aliphatic carbocycles. The molecular weight excluding hydrogens is 268 g/mol. The number of carboxylic acid groups (broad SMARTS) is 1. The summed E-state index contributed by atoms with van der Waals surface area (Å²) in [4.78, 5) is 15.8. The van der Waals surface area contributed by atoms with Gasteiger partial charge in [0.25, 0.3) is 0 Å². The Hall–Kier alpha value is -1.88. The number of benzene rings is 1. The van der Waals surface area contributed by atoms with Crippen LogP contribution < -0.4 is 0 Å². The van der Waals surface area contributed by atoms with Gasteiger partial charge in [0.15, 0.2) is 0 Å². The zero-order valence-electron chi connectivity index (χ0n) is 12.8. The second-order valence-electron chi connectivity index (χ2n) is 6.20. The van der Waals surface area contributed by atoms with Crippen LogP contribution in [0.5, 0.6) is 0 Å². The van der Waals surface area contributed by atoms with E-state index in [4.69, 9.17) is 5.11 Å². The SMILES string of the molecule is CCCc1nc2ccc(C(=O)O)cc2n1CC(C)(C)CO. The number of fused-ring (bicyclic) bond motifs is 1. The molecule has 0 saturated heterocycles. The first-order chi connectivity index (χ1) is 9.88. The van der Waals surface area contributed by atoms with Gasteiger partial charge in [0.2, 0.25) is 0 Å². The molecule has 2 rings (SSSR count). The number of nitrogens with zero attached hydrogens (tertiary/aromatic N) is 2. The van der Waals surface area contributed by atoms with Crippen molar-refractivity contribution in [2.45, 2.75) is 40.2 Å². The summed E-state index contributed by atoms with van der Waals surface area (Å²) >= 11 is 0. The average molecular weight is 290 g/mol. The first-order valence-corrected chi connectivity index (χ1v) is 7.21. The van der Waals surface area contributed by atoms with Crippen LogP contribution >= 0.6 is 0 Å². The molecule has 0 atom stereocenters. The summed E-state index contributed by atoms with van der Waals surface area (Å²) in [5.41, 5.74) is 1.60. The number of carbonyl (C=O) groups is 1. The summed E-state index contributed by atoms with van der Waals surface area (Å²) in [5, 5.41) is 18.7. The maximum atomic E-state index is 11.2. The summed E-state index contributed by atoms with van der Waals surface area (Å²) in [6, 6.07) is 4.99. The van der Waals surface area contributed by atoms with Crippen LogP contribution in [0.3, 0.4) is 0 Å². The number of aryl methyl sites for hydroxylation is 1. The molecular formula is C16H22N2O3. The number of aliphatic hydroxyl groups is 1. The molecule has 0 unspecified atom stereocenters. The smallest absolute Gasteiger partial charge is 0.335 e. The number of hydrogen-bond acceptors (Lipinski definition) is 3. The number of aromatic carboxylic acids is 1. The van der Waals surface area contributed by atoms with Crippen LogP contribution in [0.2, 0.25) is 0 Å². The fraction of sp³-hybridized carbons (Fsp3) is 0.500. The van der Waals surface area contributed by atoms with Gasteiger partial charge in [-0.3, -0.25) is 0 Å². The van der Waals surface area contributed by atoms with E-state index < -0.39 is 5.97 Å². The van der Waals surface area contributed by atoms with Crippen molar-refractivity contribution < 1.29 is 15.0 Å². The Bertz CT molecular complexity index is 659. The highest BCUT2D eigenvalue weighted by molar-refractivity contribution is 5.92. The highest BCUT2D eigenvalue weighted by Crippen LogP contribution is 2.25. The van der Waals surface area contributed by atoms with Gasteiger partial charge >= 0.3 is 5.97 Å². The molecule has 0 radical (unpaired) electrons. The number of aromatic nitrogens is 2. The maximum absolute atomic E-state index is 11.2. The molecule has 5 heteroatoms. The van der Waals surface area contributed by atoms with E-state index in [9.17, 15) is 9.90 Å². The third-order valence-electron chi connectivity index (χ3n) is 3.56. The molecule has 21 heavy (non-hydrogen) atoms. The van der Waals surface area contributed by atoms with Crippen molar-refractivity contribution in [1.29, 1.82) is 0 Å². The molecule has 0 amide bonds. The lowest BCUT2D eigenvalue weighted by Gasteiger charge is -2.24. The molecule has 1 heterocycles. The van der Waals surface area contributed by atoms with E-state index in [2.05, 4.69) is 11.9 Å². The van der Waals surface area contributed by atoms with Gasteiger partial charge in [-0.15, -0.1) is 0 Å². The van der Waals surface area contributed by atoms with Gasteiger partial charge in [0.05, 0.1) is 16.6 Å². The topological polar surface area (TPSA) is 75.3 Å². The van der Waals surface area contributed by atoms with Crippen LogP contribution in [-0.2, 0) is 13.0 Å². The van der Waals surface area contributed by atoms with Crippen molar-refractivity contribution in [3.63, 3.8) is 0 Å². The number of imidazole rings is 1. The first-order valence-electron chi connectivity index (χ1n) is 7.21. The van der Waals surface area contributed by atoms with Gasteiger partial charge in [0, 0.05) is 25.0 Å². The van der Waals surface area contributed by atoms with E-state index in [1.165, 1.54) is 0 Å². The summed E-state index contributed by atoms with van der Waals surface area (Å²) in [7, 11) is 0. The predicted molar refractivity (Wildman–Crippen MR) is 81.6 cm³/mol.